The van der Waals surface area contributed by atoms with E-state index in [2.05, 4.69) is 50.4 Å². The molecule has 0 aromatic carbocycles. The zero-order chi connectivity index (χ0) is 13.9. The minimum absolute atomic E-state index is 0.430. The Kier molecular flexibility index (Phi) is 4.66. The third kappa shape index (κ3) is 4.06. The first kappa shape index (κ1) is 14.6. The molecule has 1 aliphatic carbocycles. The molecule has 1 saturated carbocycles. The van der Waals surface area contributed by atoms with Crippen molar-refractivity contribution in [2.45, 2.75) is 52.5 Å². The van der Waals surface area contributed by atoms with Gasteiger partial charge in [-0.25, -0.2) is 4.98 Å². The van der Waals surface area contributed by atoms with Gasteiger partial charge < -0.3 is 10.6 Å². The van der Waals surface area contributed by atoms with Crippen molar-refractivity contribution >= 4 is 27.7 Å². The lowest BCUT2D eigenvalue weighted by Gasteiger charge is -2.35. The van der Waals surface area contributed by atoms with Crippen LogP contribution >= 0.6 is 15.9 Å². The smallest absolute Gasteiger partial charge is 0.224 e. The van der Waals surface area contributed by atoms with Crippen molar-refractivity contribution in [1.82, 2.24) is 9.97 Å². The summed E-state index contributed by atoms with van der Waals surface area (Å²) in [5, 5.41) is 6.71. The molecule has 4 nitrogen and oxygen atoms in total. The van der Waals surface area contributed by atoms with E-state index in [1.807, 2.05) is 6.92 Å². The molecule has 0 bridgehead atoms. The van der Waals surface area contributed by atoms with E-state index in [1.165, 1.54) is 25.7 Å². The molecule has 0 aliphatic heterocycles. The van der Waals surface area contributed by atoms with Crippen molar-refractivity contribution in [3.63, 3.8) is 0 Å². The lowest BCUT2D eigenvalue weighted by atomic mass is 9.75. The molecule has 0 saturated heterocycles. The molecular weight excluding hydrogens is 304 g/mol. The number of hydrogen-bond donors (Lipinski definition) is 2. The molecule has 2 rings (SSSR count). The minimum atomic E-state index is 0.430. The van der Waals surface area contributed by atoms with Gasteiger partial charge in [0, 0.05) is 18.8 Å². The molecule has 5 heteroatoms. The van der Waals surface area contributed by atoms with Crippen LogP contribution in [0.3, 0.4) is 0 Å². The highest BCUT2D eigenvalue weighted by Crippen LogP contribution is 2.36. The fourth-order valence-electron chi connectivity index (χ4n) is 2.73. The first-order valence-corrected chi connectivity index (χ1v) is 7.82. The summed E-state index contributed by atoms with van der Waals surface area (Å²) in [5.41, 5.74) is 0.430. The maximum atomic E-state index is 4.52. The van der Waals surface area contributed by atoms with Crippen molar-refractivity contribution in [3.05, 3.63) is 10.7 Å². The van der Waals surface area contributed by atoms with Crippen molar-refractivity contribution in [3.8, 4) is 0 Å². The molecule has 0 amide bonds. The monoisotopic (exact) mass is 326 g/mol. The highest BCUT2D eigenvalue weighted by Gasteiger charge is 2.28. The summed E-state index contributed by atoms with van der Waals surface area (Å²) in [5.74, 6) is 1.58. The van der Waals surface area contributed by atoms with Gasteiger partial charge in [0.15, 0.2) is 0 Å². The summed E-state index contributed by atoms with van der Waals surface area (Å²) >= 11 is 3.52. The topological polar surface area (TPSA) is 49.8 Å². The fraction of sp³-hybridized carbons (Fsp3) is 0.714. The Balaban J connectivity index is 2.07. The zero-order valence-corrected chi connectivity index (χ0v) is 13.5. The van der Waals surface area contributed by atoms with Crippen LogP contribution in [-0.2, 0) is 0 Å². The predicted molar refractivity (Wildman–Crippen MR) is 83.6 cm³/mol. The first-order valence-electron chi connectivity index (χ1n) is 7.03. The highest BCUT2D eigenvalue weighted by molar-refractivity contribution is 9.10. The van der Waals surface area contributed by atoms with Crippen LogP contribution in [0.2, 0.25) is 0 Å². The van der Waals surface area contributed by atoms with Crippen LogP contribution in [-0.4, -0.2) is 22.6 Å². The Morgan fingerprint density at radius 3 is 2.95 bits per heavy atom. The lowest BCUT2D eigenvalue weighted by Crippen LogP contribution is -2.32. The van der Waals surface area contributed by atoms with E-state index in [0.717, 1.165) is 16.8 Å². The normalized spacial score (nSPS) is 22.0. The minimum Gasteiger partial charge on any atom is -0.366 e. The largest absolute Gasteiger partial charge is 0.366 e. The Morgan fingerprint density at radius 2 is 2.26 bits per heavy atom. The van der Waals surface area contributed by atoms with Crippen molar-refractivity contribution in [2.75, 3.05) is 17.2 Å². The average molecular weight is 327 g/mol. The molecular formula is C14H23BrN4. The number of nitrogens with one attached hydrogen (secondary N) is 2. The van der Waals surface area contributed by atoms with Crippen LogP contribution < -0.4 is 10.6 Å². The molecule has 19 heavy (non-hydrogen) atoms. The number of rotatable bonds is 4. The summed E-state index contributed by atoms with van der Waals surface area (Å²) in [4.78, 5) is 8.76. The van der Waals surface area contributed by atoms with E-state index in [-0.39, 0.29) is 0 Å². The third-order valence-corrected chi connectivity index (χ3v) is 4.21. The summed E-state index contributed by atoms with van der Waals surface area (Å²) in [6.45, 7) is 7.57. The van der Waals surface area contributed by atoms with Gasteiger partial charge >= 0.3 is 0 Å². The van der Waals surface area contributed by atoms with Crippen LogP contribution in [0.25, 0.3) is 0 Å². The maximum Gasteiger partial charge on any atom is 0.224 e. The Labute approximate surface area is 123 Å². The summed E-state index contributed by atoms with van der Waals surface area (Å²) in [6.07, 6.45) is 6.82. The average Bonchev–Trinajstić information content (AvgIpc) is 2.32. The summed E-state index contributed by atoms with van der Waals surface area (Å²) in [6, 6.07) is 0.504. The third-order valence-electron chi connectivity index (χ3n) is 3.62. The zero-order valence-electron chi connectivity index (χ0n) is 12.0. The Bertz CT molecular complexity index is 433. The fourth-order valence-corrected chi connectivity index (χ4v) is 3.03. The van der Waals surface area contributed by atoms with Gasteiger partial charge in [0.2, 0.25) is 5.95 Å². The quantitative estimate of drug-likeness (QED) is 0.876. The maximum absolute atomic E-state index is 4.52. The van der Waals surface area contributed by atoms with E-state index in [1.54, 1.807) is 6.20 Å². The summed E-state index contributed by atoms with van der Waals surface area (Å²) < 4.78 is 0.928. The van der Waals surface area contributed by atoms with Crippen molar-refractivity contribution in [1.29, 1.82) is 0 Å². The molecule has 1 heterocycles. The van der Waals surface area contributed by atoms with Crippen LogP contribution in [0.15, 0.2) is 10.7 Å². The standard InChI is InChI=1S/C14H23BrN4/c1-4-16-13-17-9-11(15)12(19-13)18-10-6-5-7-14(2,3)8-10/h9-10H,4-8H2,1-3H3,(H2,16,17,18,19). The number of anilines is 2. The van der Waals surface area contributed by atoms with Crippen molar-refractivity contribution < 1.29 is 0 Å². The van der Waals surface area contributed by atoms with E-state index in [0.29, 0.717) is 17.4 Å². The second-order valence-electron chi connectivity index (χ2n) is 6.02. The molecule has 1 atom stereocenters. The first-order chi connectivity index (χ1) is 9.00. The molecule has 0 radical (unpaired) electrons. The van der Waals surface area contributed by atoms with Gasteiger partial charge in [-0.15, -0.1) is 0 Å². The lowest BCUT2D eigenvalue weighted by molar-refractivity contribution is 0.229. The molecule has 1 unspecified atom stereocenters. The van der Waals surface area contributed by atoms with Gasteiger partial charge in [0.05, 0.1) is 4.47 Å². The van der Waals surface area contributed by atoms with Crippen molar-refractivity contribution in [2.24, 2.45) is 5.41 Å². The molecule has 1 aromatic heterocycles. The van der Waals surface area contributed by atoms with Crippen LogP contribution in [0.4, 0.5) is 11.8 Å². The van der Waals surface area contributed by atoms with E-state index in [4.69, 9.17) is 0 Å². The van der Waals surface area contributed by atoms with E-state index >= 15 is 0 Å². The molecule has 1 aromatic rings. The van der Waals surface area contributed by atoms with Gasteiger partial charge in [-0.3, -0.25) is 0 Å². The second kappa shape index (κ2) is 6.07. The number of halogens is 1. The Morgan fingerprint density at radius 1 is 1.47 bits per heavy atom. The molecule has 2 N–H and O–H groups in total. The number of hydrogen-bond acceptors (Lipinski definition) is 4. The predicted octanol–water partition coefficient (Wildman–Crippen LogP) is 4.05. The van der Waals surface area contributed by atoms with Crippen LogP contribution in [0.1, 0.15) is 46.5 Å². The van der Waals surface area contributed by atoms with Gasteiger partial charge in [-0.1, -0.05) is 20.3 Å². The SMILES string of the molecule is CCNc1ncc(Br)c(NC2CCCC(C)(C)C2)n1. The van der Waals surface area contributed by atoms with Gasteiger partial charge in [0.25, 0.3) is 0 Å². The molecule has 0 spiro atoms. The van der Waals surface area contributed by atoms with Crippen LogP contribution in [0, 0.1) is 5.41 Å². The van der Waals surface area contributed by atoms with Gasteiger partial charge in [-0.05, 0) is 47.5 Å². The Hall–Kier alpha value is -0.840. The molecule has 106 valence electrons. The van der Waals surface area contributed by atoms with Gasteiger partial charge in [-0.2, -0.15) is 4.98 Å². The van der Waals surface area contributed by atoms with Crippen LogP contribution in [0.5, 0.6) is 0 Å². The second-order valence-corrected chi connectivity index (χ2v) is 6.88. The van der Waals surface area contributed by atoms with E-state index < -0.39 is 0 Å². The highest BCUT2D eigenvalue weighted by atomic mass is 79.9. The molecule has 1 aliphatic rings. The van der Waals surface area contributed by atoms with E-state index in [9.17, 15) is 0 Å². The number of aromatic nitrogens is 2. The molecule has 1 fully saturated rings. The van der Waals surface area contributed by atoms with Gasteiger partial charge in [0.1, 0.15) is 5.82 Å². The summed E-state index contributed by atoms with van der Waals surface area (Å²) in [7, 11) is 0. The number of nitrogens with zero attached hydrogens (tertiary/aromatic N) is 2.